The van der Waals surface area contributed by atoms with Crippen molar-refractivity contribution >= 4 is 12.4 Å². The van der Waals surface area contributed by atoms with Gasteiger partial charge >= 0.3 is 0 Å². The van der Waals surface area contributed by atoms with E-state index in [2.05, 4.69) is 10.3 Å². The van der Waals surface area contributed by atoms with Crippen LogP contribution >= 0.6 is 0 Å². The molecule has 0 aliphatic rings. The Hall–Kier alpha value is -1.06. The Morgan fingerprint density at radius 1 is 0.833 bits per heavy atom. The maximum atomic E-state index is 7.81. The Balaban J connectivity index is 0. The third-order valence-electron chi connectivity index (χ3n) is 0.730. The third kappa shape index (κ3) is 23.1. The second-order valence-electron chi connectivity index (χ2n) is 3.02. The van der Waals surface area contributed by atoms with E-state index < -0.39 is 0 Å². The molecule has 0 bridgehead atoms. The molecule has 0 unspecified atom stereocenters. The lowest BCUT2D eigenvalue weighted by molar-refractivity contribution is 0.319. The number of nitrogens with zero attached hydrogens (tertiary/aromatic N) is 2. The topological polar surface area (TPSA) is 65.2 Å². The summed E-state index contributed by atoms with van der Waals surface area (Å²) >= 11 is 0. The van der Waals surface area contributed by atoms with Gasteiger partial charge in [-0.25, -0.2) is 0 Å². The largest absolute Gasteiger partial charge is 0.411 e. The first kappa shape index (κ1) is 13.5. The van der Waals surface area contributed by atoms with Crippen LogP contribution in [0.4, 0.5) is 0 Å². The van der Waals surface area contributed by atoms with Crippen LogP contribution in [0.3, 0.4) is 0 Å². The Morgan fingerprint density at radius 3 is 1.08 bits per heavy atom. The summed E-state index contributed by atoms with van der Waals surface area (Å²) in [5.74, 6) is 0.713. The second-order valence-corrected chi connectivity index (χ2v) is 3.02. The second kappa shape index (κ2) is 9.94. The van der Waals surface area contributed by atoms with Crippen molar-refractivity contribution in [2.75, 3.05) is 0 Å². The van der Waals surface area contributed by atoms with Gasteiger partial charge in [-0.05, 0) is 11.8 Å². The van der Waals surface area contributed by atoms with Crippen LogP contribution in [0.5, 0.6) is 0 Å². The smallest absolute Gasteiger partial charge is 0.0461 e. The highest BCUT2D eigenvalue weighted by atomic mass is 16.4. The minimum Gasteiger partial charge on any atom is -0.411 e. The summed E-state index contributed by atoms with van der Waals surface area (Å²) in [6, 6.07) is 0. The van der Waals surface area contributed by atoms with Gasteiger partial charge in [0, 0.05) is 12.4 Å². The van der Waals surface area contributed by atoms with Crippen molar-refractivity contribution in [2.24, 2.45) is 22.1 Å². The monoisotopic (exact) mass is 174 g/mol. The summed E-state index contributed by atoms with van der Waals surface area (Å²) < 4.78 is 0. The molecule has 0 heterocycles. The molecule has 4 heteroatoms. The summed E-state index contributed by atoms with van der Waals surface area (Å²) in [4.78, 5) is 0. The van der Waals surface area contributed by atoms with Crippen LogP contribution in [-0.4, -0.2) is 22.8 Å². The van der Waals surface area contributed by atoms with Gasteiger partial charge in [0.15, 0.2) is 0 Å². The molecule has 0 aliphatic heterocycles. The van der Waals surface area contributed by atoms with Crippen LogP contribution in [0.1, 0.15) is 27.7 Å². The fourth-order valence-electron chi connectivity index (χ4n) is 0.267. The fraction of sp³-hybridized carbons (Fsp3) is 0.750. The van der Waals surface area contributed by atoms with Gasteiger partial charge in [0.1, 0.15) is 0 Å². The zero-order chi connectivity index (χ0) is 9.98. The van der Waals surface area contributed by atoms with Gasteiger partial charge < -0.3 is 10.4 Å². The van der Waals surface area contributed by atoms with E-state index >= 15 is 0 Å². The molecule has 0 radical (unpaired) electrons. The predicted molar refractivity (Wildman–Crippen MR) is 50.2 cm³/mol. The van der Waals surface area contributed by atoms with Crippen LogP contribution in [0.2, 0.25) is 0 Å². The van der Waals surface area contributed by atoms with Gasteiger partial charge in [-0.15, -0.1) is 10.3 Å². The number of oxime groups is 2. The van der Waals surface area contributed by atoms with E-state index in [1.54, 1.807) is 0 Å². The first-order valence-electron chi connectivity index (χ1n) is 3.89. The average Bonchev–Trinajstić information content (AvgIpc) is 1.87. The van der Waals surface area contributed by atoms with Crippen LogP contribution in [0.15, 0.2) is 10.3 Å². The normalized spacial score (nSPS) is 11.2. The SMILES string of the molecule is CC(C)C=NO.CC(C)C=NO. The lowest BCUT2D eigenvalue weighted by atomic mass is 10.3. The summed E-state index contributed by atoms with van der Waals surface area (Å²) in [7, 11) is 0. The van der Waals surface area contributed by atoms with Crippen molar-refractivity contribution in [2.45, 2.75) is 27.7 Å². The Morgan fingerprint density at radius 2 is 1.08 bits per heavy atom. The minimum absolute atomic E-state index is 0.356. The minimum atomic E-state index is 0.356. The van der Waals surface area contributed by atoms with Crippen LogP contribution in [-0.2, 0) is 0 Å². The maximum Gasteiger partial charge on any atom is 0.0461 e. The van der Waals surface area contributed by atoms with Crippen LogP contribution in [0, 0.1) is 11.8 Å². The first-order chi connectivity index (χ1) is 5.54. The maximum absolute atomic E-state index is 7.81. The lowest BCUT2D eigenvalue weighted by Gasteiger charge is -1.84. The predicted octanol–water partition coefficient (Wildman–Crippen LogP) is 2.20. The van der Waals surface area contributed by atoms with Crippen molar-refractivity contribution in [1.29, 1.82) is 0 Å². The van der Waals surface area contributed by atoms with Crippen LogP contribution < -0.4 is 0 Å². The van der Waals surface area contributed by atoms with Crippen molar-refractivity contribution in [3.63, 3.8) is 0 Å². The van der Waals surface area contributed by atoms with Gasteiger partial charge in [0.25, 0.3) is 0 Å². The molecule has 72 valence electrons. The van der Waals surface area contributed by atoms with E-state index in [9.17, 15) is 0 Å². The van der Waals surface area contributed by atoms with Gasteiger partial charge in [0.05, 0.1) is 0 Å². The molecule has 4 nitrogen and oxygen atoms in total. The lowest BCUT2D eigenvalue weighted by Crippen LogP contribution is -1.84. The summed E-state index contributed by atoms with van der Waals surface area (Å²) in [6.45, 7) is 7.78. The molecular formula is C8H18N2O2. The molecule has 0 fully saturated rings. The molecule has 0 aromatic carbocycles. The van der Waals surface area contributed by atoms with Gasteiger partial charge in [0.2, 0.25) is 0 Å². The zero-order valence-corrected chi connectivity index (χ0v) is 8.10. The van der Waals surface area contributed by atoms with E-state index in [1.165, 1.54) is 12.4 Å². The van der Waals surface area contributed by atoms with Gasteiger partial charge in [-0.2, -0.15) is 0 Å². The van der Waals surface area contributed by atoms with Crippen LogP contribution in [0.25, 0.3) is 0 Å². The number of hydrogen-bond acceptors (Lipinski definition) is 4. The Bertz CT molecular complexity index is 115. The van der Waals surface area contributed by atoms with Crippen molar-refractivity contribution in [3.05, 3.63) is 0 Å². The van der Waals surface area contributed by atoms with E-state index in [0.29, 0.717) is 11.8 Å². The van der Waals surface area contributed by atoms with E-state index in [4.69, 9.17) is 10.4 Å². The Kier molecular flexibility index (Phi) is 11.2. The molecule has 0 amide bonds. The van der Waals surface area contributed by atoms with Crippen molar-refractivity contribution in [1.82, 2.24) is 0 Å². The fourth-order valence-corrected chi connectivity index (χ4v) is 0.267. The quantitative estimate of drug-likeness (QED) is 0.383. The highest BCUT2D eigenvalue weighted by Crippen LogP contribution is 1.82. The first-order valence-corrected chi connectivity index (χ1v) is 3.89. The summed E-state index contributed by atoms with van der Waals surface area (Å²) in [5.41, 5.74) is 0. The summed E-state index contributed by atoms with van der Waals surface area (Å²) in [6.07, 6.45) is 2.94. The standard InChI is InChI=1S/2C4H9NO/c2*1-4(2)3-5-6/h2*3-4,6H,1-2H3. The highest BCUT2D eigenvalue weighted by molar-refractivity contribution is 5.58. The summed E-state index contributed by atoms with van der Waals surface area (Å²) in [5, 5.41) is 21.2. The highest BCUT2D eigenvalue weighted by Gasteiger charge is 1.80. The molecule has 0 saturated heterocycles. The van der Waals surface area contributed by atoms with E-state index in [1.807, 2.05) is 27.7 Å². The van der Waals surface area contributed by atoms with Crippen molar-refractivity contribution < 1.29 is 10.4 Å². The molecular weight excluding hydrogens is 156 g/mol. The molecule has 0 saturated carbocycles. The molecule has 0 aromatic heterocycles. The molecule has 0 aromatic rings. The average molecular weight is 174 g/mol. The molecule has 0 aliphatic carbocycles. The Labute approximate surface area is 73.6 Å². The molecule has 12 heavy (non-hydrogen) atoms. The van der Waals surface area contributed by atoms with E-state index in [-0.39, 0.29) is 0 Å². The number of rotatable bonds is 2. The molecule has 0 spiro atoms. The third-order valence-corrected chi connectivity index (χ3v) is 0.730. The molecule has 0 atom stereocenters. The zero-order valence-electron chi connectivity index (χ0n) is 8.10. The van der Waals surface area contributed by atoms with Crippen molar-refractivity contribution in [3.8, 4) is 0 Å². The van der Waals surface area contributed by atoms with Gasteiger partial charge in [-0.3, -0.25) is 0 Å². The van der Waals surface area contributed by atoms with Gasteiger partial charge in [-0.1, -0.05) is 27.7 Å². The molecule has 0 rings (SSSR count). The number of hydrogen-bond donors (Lipinski definition) is 2. The molecule has 2 N–H and O–H groups in total. The van der Waals surface area contributed by atoms with E-state index in [0.717, 1.165) is 0 Å².